The Morgan fingerprint density at radius 1 is 0.650 bits per heavy atom. The SMILES string of the molecule is CCCOC(OCCC)C(=O)C(OCCC)OCCC. The first kappa shape index (κ1) is 19.5. The van der Waals surface area contributed by atoms with Crippen LogP contribution in [0.15, 0.2) is 0 Å². The number of carbonyl (C=O) groups is 1. The van der Waals surface area contributed by atoms with Gasteiger partial charge >= 0.3 is 0 Å². The summed E-state index contributed by atoms with van der Waals surface area (Å²) in [6.45, 7) is 9.87. The summed E-state index contributed by atoms with van der Waals surface area (Å²) in [7, 11) is 0. The molecule has 0 rings (SSSR count). The number of hydrogen-bond acceptors (Lipinski definition) is 5. The molecule has 5 heteroatoms. The molecule has 0 fully saturated rings. The highest BCUT2D eigenvalue weighted by atomic mass is 16.7. The van der Waals surface area contributed by atoms with Gasteiger partial charge < -0.3 is 18.9 Å². The first-order valence-electron chi connectivity index (χ1n) is 7.71. The Bertz CT molecular complexity index is 194. The van der Waals surface area contributed by atoms with Gasteiger partial charge in [-0.05, 0) is 25.7 Å². The van der Waals surface area contributed by atoms with Crippen LogP contribution in [0.3, 0.4) is 0 Å². The second kappa shape index (κ2) is 13.5. The molecular weight excluding hydrogens is 260 g/mol. The summed E-state index contributed by atoms with van der Waals surface area (Å²) in [6, 6.07) is 0. The smallest absolute Gasteiger partial charge is 0.244 e. The van der Waals surface area contributed by atoms with Crippen LogP contribution in [0, 0.1) is 0 Å². The summed E-state index contributed by atoms with van der Waals surface area (Å²) in [4.78, 5) is 12.4. The third-order valence-electron chi connectivity index (χ3n) is 2.36. The standard InChI is InChI=1S/C15H30O5/c1-5-9-17-14(18-10-6-2)13(16)15(19-11-7-3)20-12-8-4/h14-15H,5-12H2,1-4H3. The fourth-order valence-electron chi connectivity index (χ4n) is 1.44. The van der Waals surface area contributed by atoms with Gasteiger partial charge in [-0.1, -0.05) is 27.7 Å². The largest absolute Gasteiger partial charge is 0.346 e. The lowest BCUT2D eigenvalue weighted by Crippen LogP contribution is -2.40. The van der Waals surface area contributed by atoms with E-state index >= 15 is 0 Å². The predicted molar refractivity (Wildman–Crippen MR) is 77.6 cm³/mol. The van der Waals surface area contributed by atoms with Gasteiger partial charge in [0, 0.05) is 26.4 Å². The second-order valence-electron chi connectivity index (χ2n) is 4.55. The number of Topliss-reactive ketones (excluding diaryl/α,β-unsaturated/α-hetero) is 1. The molecule has 120 valence electrons. The van der Waals surface area contributed by atoms with Crippen LogP contribution in [0.5, 0.6) is 0 Å². The zero-order valence-electron chi connectivity index (χ0n) is 13.4. The first-order valence-corrected chi connectivity index (χ1v) is 7.71. The van der Waals surface area contributed by atoms with Crippen molar-refractivity contribution in [3.63, 3.8) is 0 Å². The van der Waals surface area contributed by atoms with Crippen molar-refractivity contribution in [1.82, 2.24) is 0 Å². The molecular formula is C15H30O5. The molecule has 0 atom stereocenters. The minimum absolute atomic E-state index is 0.284. The van der Waals surface area contributed by atoms with Crippen LogP contribution in [-0.4, -0.2) is 44.8 Å². The van der Waals surface area contributed by atoms with Gasteiger partial charge in [-0.3, -0.25) is 4.79 Å². The Morgan fingerprint density at radius 2 is 0.900 bits per heavy atom. The number of ketones is 1. The Labute approximate surface area is 122 Å². The second-order valence-corrected chi connectivity index (χ2v) is 4.55. The number of carbonyl (C=O) groups excluding carboxylic acids is 1. The lowest BCUT2D eigenvalue weighted by atomic mass is 10.3. The lowest BCUT2D eigenvalue weighted by Gasteiger charge is -2.23. The highest BCUT2D eigenvalue weighted by Gasteiger charge is 2.29. The summed E-state index contributed by atoms with van der Waals surface area (Å²) in [5, 5.41) is 0. The minimum Gasteiger partial charge on any atom is -0.346 e. The van der Waals surface area contributed by atoms with E-state index in [-0.39, 0.29) is 5.78 Å². The van der Waals surface area contributed by atoms with Crippen LogP contribution in [0.1, 0.15) is 53.4 Å². The molecule has 0 aliphatic carbocycles. The highest BCUT2D eigenvalue weighted by Crippen LogP contribution is 2.08. The van der Waals surface area contributed by atoms with Gasteiger partial charge in [-0.15, -0.1) is 0 Å². The van der Waals surface area contributed by atoms with Crippen LogP contribution in [0.25, 0.3) is 0 Å². The number of rotatable bonds is 14. The third-order valence-corrected chi connectivity index (χ3v) is 2.36. The Balaban J connectivity index is 4.54. The summed E-state index contributed by atoms with van der Waals surface area (Å²) in [6.07, 6.45) is 1.53. The molecule has 0 amide bonds. The van der Waals surface area contributed by atoms with Crippen LogP contribution < -0.4 is 0 Å². The van der Waals surface area contributed by atoms with E-state index < -0.39 is 12.6 Å². The van der Waals surface area contributed by atoms with Gasteiger partial charge in [-0.25, -0.2) is 0 Å². The molecule has 0 aromatic carbocycles. The first-order chi connectivity index (χ1) is 9.71. The zero-order valence-corrected chi connectivity index (χ0v) is 13.4. The van der Waals surface area contributed by atoms with E-state index in [9.17, 15) is 4.79 Å². The van der Waals surface area contributed by atoms with Gasteiger partial charge in [0.25, 0.3) is 0 Å². The molecule has 0 heterocycles. The van der Waals surface area contributed by atoms with E-state index in [4.69, 9.17) is 18.9 Å². The summed E-state index contributed by atoms with van der Waals surface area (Å²) in [5.74, 6) is -0.284. The van der Waals surface area contributed by atoms with Crippen molar-refractivity contribution in [2.24, 2.45) is 0 Å². The van der Waals surface area contributed by atoms with Crippen LogP contribution >= 0.6 is 0 Å². The van der Waals surface area contributed by atoms with E-state index in [2.05, 4.69) is 0 Å². The van der Waals surface area contributed by atoms with Gasteiger partial charge in [-0.2, -0.15) is 0 Å². The maximum Gasteiger partial charge on any atom is 0.244 e. The maximum atomic E-state index is 12.4. The molecule has 0 aromatic heterocycles. The van der Waals surface area contributed by atoms with Crippen LogP contribution in [0.2, 0.25) is 0 Å². The lowest BCUT2D eigenvalue weighted by molar-refractivity contribution is -0.207. The molecule has 20 heavy (non-hydrogen) atoms. The molecule has 0 bridgehead atoms. The van der Waals surface area contributed by atoms with Crippen molar-refractivity contribution in [1.29, 1.82) is 0 Å². The predicted octanol–water partition coefficient (Wildman–Crippen LogP) is 2.91. The van der Waals surface area contributed by atoms with Crippen molar-refractivity contribution in [2.45, 2.75) is 66.0 Å². The average molecular weight is 290 g/mol. The van der Waals surface area contributed by atoms with Crippen molar-refractivity contribution in [2.75, 3.05) is 26.4 Å². The van der Waals surface area contributed by atoms with E-state index in [1.54, 1.807) is 0 Å². The fraction of sp³-hybridized carbons (Fsp3) is 0.933. The third kappa shape index (κ3) is 8.64. The molecule has 0 saturated carbocycles. The Kier molecular flexibility index (Phi) is 13.2. The van der Waals surface area contributed by atoms with Gasteiger partial charge in [0.2, 0.25) is 18.4 Å². The zero-order chi connectivity index (χ0) is 15.2. The van der Waals surface area contributed by atoms with E-state index in [0.29, 0.717) is 26.4 Å². The van der Waals surface area contributed by atoms with Crippen molar-refractivity contribution >= 4 is 5.78 Å². The molecule has 0 saturated heterocycles. The summed E-state index contributed by atoms with van der Waals surface area (Å²) < 4.78 is 21.9. The summed E-state index contributed by atoms with van der Waals surface area (Å²) in [5.41, 5.74) is 0. The number of ether oxygens (including phenoxy) is 4. The molecule has 0 unspecified atom stereocenters. The molecule has 0 aromatic rings. The Hall–Kier alpha value is -0.490. The van der Waals surface area contributed by atoms with Gasteiger partial charge in [0.15, 0.2) is 0 Å². The minimum atomic E-state index is -0.895. The van der Waals surface area contributed by atoms with Crippen LogP contribution in [0.4, 0.5) is 0 Å². The topological polar surface area (TPSA) is 54.0 Å². The van der Waals surface area contributed by atoms with E-state index in [1.165, 1.54) is 0 Å². The maximum absolute atomic E-state index is 12.4. The van der Waals surface area contributed by atoms with Crippen molar-refractivity contribution < 1.29 is 23.7 Å². The van der Waals surface area contributed by atoms with E-state index in [1.807, 2.05) is 27.7 Å². The van der Waals surface area contributed by atoms with Crippen molar-refractivity contribution in [3.05, 3.63) is 0 Å². The number of hydrogen-bond donors (Lipinski definition) is 0. The normalized spacial score (nSPS) is 11.5. The molecule has 0 aliphatic heterocycles. The fourth-order valence-corrected chi connectivity index (χ4v) is 1.44. The average Bonchev–Trinajstić information content (AvgIpc) is 2.47. The van der Waals surface area contributed by atoms with E-state index in [0.717, 1.165) is 25.7 Å². The monoisotopic (exact) mass is 290 g/mol. The molecule has 0 spiro atoms. The Morgan fingerprint density at radius 3 is 1.10 bits per heavy atom. The quantitative estimate of drug-likeness (QED) is 0.460. The molecule has 0 aliphatic rings. The van der Waals surface area contributed by atoms with Gasteiger partial charge in [0.1, 0.15) is 0 Å². The molecule has 5 nitrogen and oxygen atoms in total. The van der Waals surface area contributed by atoms with Crippen LogP contribution in [-0.2, 0) is 23.7 Å². The van der Waals surface area contributed by atoms with Gasteiger partial charge in [0.05, 0.1) is 0 Å². The summed E-state index contributed by atoms with van der Waals surface area (Å²) >= 11 is 0. The molecule has 0 radical (unpaired) electrons. The molecule has 0 N–H and O–H groups in total. The highest BCUT2D eigenvalue weighted by molar-refractivity contribution is 5.85. The van der Waals surface area contributed by atoms with Crippen molar-refractivity contribution in [3.8, 4) is 0 Å².